The first-order valence-corrected chi connectivity index (χ1v) is 8.90. The zero-order chi connectivity index (χ0) is 22.4. The molecule has 0 fully saturated rings. The monoisotopic (exact) mass is 398 g/mol. The highest BCUT2D eigenvalue weighted by Gasteiger charge is 2.19. The molecule has 3 aromatic rings. The molecule has 0 unspecified atom stereocenters. The van der Waals surface area contributed by atoms with Gasteiger partial charge in [-0.2, -0.15) is 0 Å². The Labute approximate surface area is 175 Å². The van der Waals surface area contributed by atoms with Crippen molar-refractivity contribution < 1.29 is 10.2 Å². The lowest BCUT2D eigenvalue weighted by Gasteiger charge is -2.16. The average molecular weight is 398 g/mol. The minimum Gasteiger partial charge on any atom is -0.509 e. The first-order chi connectivity index (χ1) is 13.9. The maximum atomic E-state index is 12.5. The number of H-pyrrole nitrogens is 3. The van der Waals surface area contributed by atoms with E-state index in [4.69, 9.17) is 23.5 Å². The quantitative estimate of drug-likeness (QED) is 0.226. The van der Waals surface area contributed by atoms with Gasteiger partial charge in [0.25, 0.3) is 11.1 Å². The summed E-state index contributed by atoms with van der Waals surface area (Å²) in [4.78, 5) is 37.2. The second kappa shape index (κ2) is 7.48. The van der Waals surface area contributed by atoms with Gasteiger partial charge in [0.1, 0.15) is 45.7 Å². The van der Waals surface area contributed by atoms with Gasteiger partial charge in [0.2, 0.25) is 0 Å². The predicted octanol–water partition coefficient (Wildman–Crippen LogP) is -3.47. The summed E-state index contributed by atoms with van der Waals surface area (Å²) >= 11 is 0. The number of rotatable bonds is 2. The number of aromatic amines is 3. The lowest BCUT2D eigenvalue weighted by Crippen LogP contribution is -2.47. The van der Waals surface area contributed by atoms with E-state index in [0.29, 0.717) is 5.69 Å². The van der Waals surface area contributed by atoms with E-state index in [-0.39, 0.29) is 38.1 Å². The molecule has 0 bridgehead atoms. The predicted molar refractivity (Wildman–Crippen MR) is 117 cm³/mol. The zero-order valence-corrected chi connectivity index (χ0v) is 16.6. The van der Waals surface area contributed by atoms with Gasteiger partial charge in [0.15, 0.2) is 0 Å². The fraction of sp³-hybridized carbons (Fsp3) is 0.211. The number of aromatic nitrogens is 4. The van der Waals surface area contributed by atoms with Crippen LogP contribution in [-0.2, 0) is 5.41 Å². The molecule has 6 radical (unpaired) electrons. The van der Waals surface area contributed by atoms with E-state index in [1.165, 1.54) is 12.4 Å². The summed E-state index contributed by atoms with van der Waals surface area (Å²) < 4.78 is 0. The number of hydrogen-bond acceptors (Lipinski definition) is 5. The Balaban J connectivity index is 2.23. The number of phenols is 2. The molecule has 0 aliphatic rings. The molecule has 0 amide bonds. The van der Waals surface area contributed by atoms with E-state index in [9.17, 15) is 19.8 Å². The molecule has 3 rings (SSSR count). The lowest BCUT2D eigenvalue weighted by molar-refractivity contribution is 0.469. The summed E-state index contributed by atoms with van der Waals surface area (Å²) in [7, 11) is 17.0. The molecule has 0 atom stereocenters. The van der Waals surface area contributed by atoms with Crippen LogP contribution >= 0.6 is 0 Å². The van der Waals surface area contributed by atoms with E-state index in [0.717, 1.165) is 11.8 Å². The van der Waals surface area contributed by atoms with Crippen molar-refractivity contribution in [2.75, 3.05) is 0 Å². The minimum atomic E-state index is -0.664. The minimum absolute atomic E-state index is 0.00777. The van der Waals surface area contributed by atoms with Crippen molar-refractivity contribution in [3.8, 4) is 11.5 Å². The highest BCUT2D eigenvalue weighted by atomic mass is 16.3. The van der Waals surface area contributed by atoms with Crippen molar-refractivity contribution in [3.05, 3.63) is 54.7 Å². The Morgan fingerprint density at radius 1 is 0.900 bits per heavy atom. The molecular weight excluding hydrogens is 381 g/mol. The molecule has 2 heterocycles. The fourth-order valence-electron chi connectivity index (χ4n) is 2.94. The van der Waals surface area contributed by atoms with Gasteiger partial charge in [0.05, 0.1) is 12.0 Å². The zero-order valence-electron chi connectivity index (χ0n) is 16.6. The summed E-state index contributed by atoms with van der Waals surface area (Å²) in [5.74, 6) is -1.06. The van der Waals surface area contributed by atoms with Gasteiger partial charge < -0.3 is 25.2 Å². The molecule has 0 saturated carbocycles. The van der Waals surface area contributed by atoms with Gasteiger partial charge in [-0.1, -0.05) is 31.7 Å². The van der Waals surface area contributed by atoms with Crippen LogP contribution in [0.4, 0.5) is 0 Å². The molecule has 11 heteroatoms. The molecule has 8 nitrogen and oxygen atoms in total. The van der Waals surface area contributed by atoms with Gasteiger partial charge in [-0.15, -0.1) is 0 Å². The maximum Gasteiger partial charge on any atom is 0.272 e. The summed E-state index contributed by atoms with van der Waals surface area (Å²) in [5, 5.41) is 19.9. The highest BCUT2D eigenvalue weighted by Crippen LogP contribution is 2.22. The van der Waals surface area contributed by atoms with E-state index < -0.39 is 22.6 Å². The van der Waals surface area contributed by atoms with Crippen molar-refractivity contribution >= 4 is 52.1 Å². The number of benzene rings is 1. The second-order valence-corrected chi connectivity index (χ2v) is 7.79. The first kappa shape index (κ1) is 21.4. The summed E-state index contributed by atoms with van der Waals surface area (Å²) in [6.45, 7) is 5.94. The Morgan fingerprint density at radius 3 is 2.00 bits per heavy atom. The lowest BCUT2D eigenvalue weighted by atomic mass is 9.73. The van der Waals surface area contributed by atoms with E-state index in [1.807, 2.05) is 20.8 Å². The van der Waals surface area contributed by atoms with Crippen molar-refractivity contribution in [1.29, 1.82) is 0 Å². The summed E-state index contributed by atoms with van der Waals surface area (Å²) in [5.41, 5.74) is -1.25. The largest absolute Gasteiger partial charge is 0.509 e. The van der Waals surface area contributed by atoms with Crippen molar-refractivity contribution in [1.82, 2.24) is 19.9 Å². The molecule has 0 aliphatic heterocycles. The van der Waals surface area contributed by atoms with E-state index >= 15 is 0 Å². The Kier molecular flexibility index (Phi) is 5.32. The molecule has 5 N–H and O–H groups in total. The van der Waals surface area contributed by atoms with Gasteiger partial charge in [-0.3, -0.25) is 9.59 Å². The molecule has 0 aliphatic carbocycles. The number of aromatic hydroxyl groups is 2. The smallest absolute Gasteiger partial charge is 0.272 e. The van der Waals surface area contributed by atoms with Crippen LogP contribution in [0, 0.1) is 0 Å². The van der Waals surface area contributed by atoms with Crippen LogP contribution in [0.3, 0.4) is 0 Å². The molecular formula is C19H17B3N4O4. The van der Waals surface area contributed by atoms with Crippen LogP contribution in [0.15, 0.2) is 15.9 Å². The first-order valence-electron chi connectivity index (χ1n) is 8.90. The summed E-state index contributed by atoms with van der Waals surface area (Å²) in [6.07, 6.45) is 4.06. The molecule has 1 aromatic carbocycles. The number of imidazole rings is 1. The van der Waals surface area contributed by atoms with Crippen LogP contribution in [0.1, 0.15) is 37.7 Å². The van der Waals surface area contributed by atoms with Gasteiger partial charge >= 0.3 is 0 Å². The number of hydrogen-bond donors (Lipinski definition) is 5. The van der Waals surface area contributed by atoms with Crippen LogP contribution < -0.4 is 38.2 Å². The Morgan fingerprint density at radius 2 is 1.43 bits per heavy atom. The summed E-state index contributed by atoms with van der Waals surface area (Å²) in [6, 6.07) is 0. The normalized spacial score (nSPS) is 13.2. The number of nitrogens with zero attached hydrogens (tertiary/aromatic N) is 1. The van der Waals surface area contributed by atoms with Gasteiger partial charge in [-0.05, 0) is 17.6 Å². The van der Waals surface area contributed by atoms with Gasteiger partial charge in [-0.25, -0.2) is 4.98 Å². The van der Waals surface area contributed by atoms with Crippen molar-refractivity contribution in [2.24, 2.45) is 0 Å². The molecule has 0 spiro atoms. The topological polar surface area (TPSA) is 135 Å². The van der Waals surface area contributed by atoms with Crippen LogP contribution in [0.2, 0.25) is 0 Å². The number of phenolic OH excluding ortho intramolecular Hbond substituents is 2. The maximum absolute atomic E-state index is 12.5. The SMILES string of the molecule is [B]c1c([B])c(O)c(/C=c2\[nH]c(=O)/c(=C/c3nc[nH]c3C(C)(C)C)[nH]c2=O)c([B])c1O. The highest BCUT2D eigenvalue weighted by molar-refractivity contribution is 6.54. The van der Waals surface area contributed by atoms with Crippen molar-refractivity contribution in [2.45, 2.75) is 26.2 Å². The van der Waals surface area contributed by atoms with Crippen LogP contribution in [0.25, 0.3) is 12.2 Å². The van der Waals surface area contributed by atoms with Crippen molar-refractivity contribution in [3.63, 3.8) is 0 Å². The molecule has 30 heavy (non-hydrogen) atoms. The molecule has 0 saturated heterocycles. The van der Waals surface area contributed by atoms with Gasteiger partial charge in [0, 0.05) is 16.7 Å². The van der Waals surface area contributed by atoms with Crippen LogP contribution in [0.5, 0.6) is 11.5 Å². The standard InChI is InChI=1S/C19H17B3N4O4/c1-19(2,3)16-8(23-6-24-16)5-10-18(30)25-9(17(29)26-10)4-7-11(20)15(28)13(22)12(21)14(7)27/h4-6,27-28H,1-3H3,(H,23,24)(H,25,30)(H,26,29)/b9-4-,10-5-. The Bertz CT molecular complexity index is 1350. The third kappa shape index (κ3) is 3.75. The third-order valence-corrected chi connectivity index (χ3v) is 4.57. The van der Waals surface area contributed by atoms with E-state index in [2.05, 4.69) is 19.9 Å². The second-order valence-electron chi connectivity index (χ2n) is 7.79. The van der Waals surface area contributed by atoms with Crippen LogP contribution in [-0.4, -0.2) is 53.7 Å². The average Bonchev–Trinajstić information content (AvgIpc) is 3.14. The third-order valence-electron chi connectivity index (χ3n) is 4.57. The number of nitrogens with one attached hydrogen (secondary N) is 3. The van der Waals surface area contributed by atoms with E-state index in [1.54, 1.807) is 0 Å². The Hall–Kier alpha value is -3.36. The molecule has 146 valence electrons. The molecule has 2 aromatic heterocycles. The fourth-order valence-corrected chi connectivity index (χ4v) is 2.94.